The third kappa shape index (κ3) is 4.90. The summed E-state index contributed by atoms with van der Waals surface area (Å²) in [4.78, 5) is 12.6. The zero-order chi connectivity index (χ0) is 20.8. The first-order valence-electron chi connectivity index (χ1n) is 10.7. The van der Waals surface area contributed by atoms with Gasteiger partial charge in [0.05, 0.1) is 5.25 Å². The van der Waals surface area contributed by atoms with E-state index in [9.17, 15) is 4.79 Å². The van der Waals surface area contributed by atoms with Crippen LogP contribution in [-0.4, -0.2) is 27.9 Å². The number of hydrogen-bond acceptors (Lipinski definition) is 4. The molecule has 1 amide bonds. The predicted octanol–water partition coefficient (Wildman–Crippen LogP) is 5.78. The van der Waals surface area contributed by atoms with Crippen LogP contribution in [-0.2, 0) is 4.79 Å². The Morgan fingerprint density at radius 3 is 2.57 bits per heavy atom. The lowest BCUT2D eigenvalue weighted by Gasteiger charge is -2.15. The average Bonchev–Trinajstić information content (AvgIpc) is 2.80. The van der Waals surface area contributed by atoms with E-state index in [4.69, 9.17) is 0 Å². The highest BCUT2D eigenvalue weighted by atomic mass is 32.2. The minimum absolute atomic E-state index is 0.0504. The molecule has 1 aliphatic carbocycles. The molecule has 30 heavy (non-hydrogen) atoms. The fourth-order valence-electron chi connectivity index (χ4n) is 3.82. The summed E-state index contributed by atoms with van der Waals surface area (Å²) >= 11 is 1.47. The van der Waals surface area contributed by atoms with Crippen LogP contribution in [0.5, 0.6) is 0 Å². The molecule has 0 fully saturated rings. The van der Waals surface area contributed by atoms with Gasteiger partial charge in [-0.15, -0.1) is 10.2 Å². The minimum Gasteiger partial charge on any atom is -0.355 e. The van der Waals surface area contributed by atoms with Gasteiger partial charge in [-0.25, -0.2) is 0 Å². The second-order valence-corrected chi connectivity index (χ2v) is 9.00. The minimum atomic E-state index is -0.231. The molecule has 0 radical (unpaired) electrons. The van der Waals surface area contributed by atoms with Gasteiger partial charge in [0.25, 0.3) is 0 Å². The molecule has 1 N–H and O–H groups in total. The van der Waals surface area contributed by atoms with Crippen LogP contribution in [0.25, 0.3) is 22.0 Å². The van der Waals surface area contributed by atoms with Crippen molar-refractivity contribution in [2.45, 2.75) is 49.3 Å². The quantitative estimate of drug-likeness (QED) is 0.391. The fourth-order valence-corrected chi connectivity index (χ4v) is 4.74. The number of nitrogens with one attached hydrogen (secondary N) is 1. The van der Waals surface area contributed by atoms with Crippen molar-refractivity contribution in [1.82, 2.24) is 15.5 Å². The summed E-state index contributed by atoms with van der Waals surface area (Å²) in [5.74, 6) is 0.0504. The van der Waals surface area contributed by atoms with Gasteiger partial charge in [-0.3, -0.25) is 4.79 Å². The first kappa shape index (κ1) is 20.6. The van der Waals surface area contributed by atoms with Crippen molar-refractivity contribution < 1.29 is 4.79 Å². The van der Waals surface area contributed by atoms with E-state index in [2.05, 4.69) is 33.7 Å². The van der Waals surface area contributed by atoms with E-state index in [1.807, 2.05) is 49.4 Å². The second kappa shape index (κ2) is 9.90. The van der Waals surface area contributed by atoms with Crippen molar-refractivity contribution in [2.75, 3.05) is 6.54 Å². The van der Waals surface area contributed by atoms with Gasteiger partial charge in [-0.05, 0) is 39.0 Å². The standard InChI is InChI=1S/C25H27N3OS/c1-18(24(29)26-17-16-19-10-4-2-5-11-19)30-25-22-15-9-8-14-21(22)23(27-28-25)20-12-6-3-7-13-20/h3,6-10,12-15,18H,2,4-5,11,16-17H2,1H3,(H,26,29)/t18-/m1/s1. The Kier molecular flexibility index (Phi) is 6.80. The van der Waals surface area contributed by atoms with Gasteiger partial charge in [0.1, 0.15) is 10.7 Å². The van der Waals surface area contributed by atoms with Gasteiger partial charge in [0.2, 0.25) is 5.91 Å². The van der Waals surface area contributed by atoms with Crippen LogP contribution >= 0.6 is 11.8 Å². The van der Waals surface area contributed by atoms with Crippen LogP contribution in [0, 0.1) is 0 Å². The van der Waals surface area contributed by atoms with E-state index in [-0.39, 0.29) is 11.2 Å². The molecular weight excluding hydrogens is 390 g/mol. The fraction of sp³-hybridized carbons (Fsp3) is 0.320. The van der Waals surface area contributed by atoms with Crippen LogP contribution < -0.4 is 5.32 Å². The lowest BCUT2D eigenvalue weighted by Crippen LogP contribution is -2.32. The van der Waals surface area contributed by atoms with E-state index in [1.54, 1.807) is 0 Å². The van der Waals surface area contributed by atoms with Crippen molar-refractivity contribution in [3.8, 4) is 11.3 Å². The van der Waals surface area contributed by atoms with Gasteiger partial charge < -0.3 is 5.32 Å². The van der Waals surface area contributed by atoms with Crippen molar-refractivity contribution in [3.05, 3.63) is 66.2 Å². The molecule has 0 saturated carbocycles. The molecule has 1 atom stereocenters. The van der Waals surface area contributed by atoms with Gasteiger partial charge in [-0.2, -0.15) is 0 Å². The highest BCUT2D eigenvalue weighted by molar-refractivity contribution is 8.00. The largest absolute Gasteiger partial charge is 0.355 e. The number of amides is 1. The third-order valence-corrected chi connectivity index (χ3v) is 6.58. The number of nitrogens with zero attached hydrogens (tertiary/aromatic N) is 2. The Bertz CT molecular complexity index is 1050. The van der Waals surface area contributed by atoms with Gasteiger partial charge >= 0.3 is 0 Å². The maximum atomic E-state index is 12.6. The molecular formula is C25H27N3OS. The number of hydrogen-bond donors (Lipinski definition) is 1. The van der Waals surface area contributed by atoms with Gasteiger partial charge in [-0.1, -0.05) is 78.0 Å². The molecule has 1 aromatic heterocycles. The first-order chi connectivity index (χ1) is 14.7. The normalized spacial score (nSPS) is 14.9. The summed E-state index contributed by atoms with van der Waals surface area (Å²) in [6.45, 7) is 2.64. The molecule has 4 nitrogen and oxygen atoms in total. The van der Waals surface area contributed by atoms with Crippen LogP contribution in [0.2, 0.25) is 0 Å². The van der Waals surface area contributed by atoms with Crippen molar-refractivity contribution in [2.24, 2.45) is 0 Å². The monoisotopic (exact) mass is 417 g/mol. The predicted molar refractivity (Wildman–Crippen MR) is 124 cm³/mol. The number of thioether (sulfide) groups is 1. The lowest BCUT2D eigenvalue weighted by atomic mass is 9.97. The second-order valence-electron chi connectivity index (χ2n) is 7.67. The molecule has 0 unspecified atom stereocenters. The summed E-state index contributed by atoms with van der Waals surface area (Å²) in [5.41, 5.74) is 3.39. The summed E-state index contributed by atoms with van der Waals surface area (Å²) in [7, 11) is 0. The summed E-state index contributed by atoms with van der Waals surface area (Å²) in [6.07, 6.45) is 8.22. The lowest BCUT2D eigenvalue weighted by molar-refractivity contribution is -0.120. The SMILES string of the molecule is C[C@@H](Sc1nnc(-c2ccccc2)c2ccccc12)C(=O)NCCC1=CCCCC1. The maximum Gasteiger partial charge on any atom is 0.233 e. The summed E-state index contributed by atoms with van der Waals surface area (Å²) in [6, 6.07) is 18.2. The first-order valence-corrected chi connectivity index (χ1v) is 11.5. The highest BCUT2D eigenvalue weighted by Crippen LogP contribution is 2.33. The van der Waals surface area contributed by atoms with Crippen molar-refractivity contribution >= 4 is 28.4 Å². The van der Waals surface area contributed by atoms with Crippen LogP contribution in [0.15, 0.2) is 71.3 Å². The zero-order valence-electron chi connectivity index (χ0n) is 17.3. The van der Waals surface area contributed by atoms with E-state index in [0.717, 1.165) is 33.5 Å². The Morgan fingerprint density at radius 1 is 1.03 bits per heavy atom. The van der Waals surface area contributed by atoms with E-state index < -0.39 is 0 Å². The van der Waals surface area contributed by atoms with E-state index >= 15 is 0 Å². The Balaban J connectivity index is 1.45. The zero-order valence-corrected chi connectivity index (χ0v) is 18.1. The van der Waals surface area contributed by atoms with E-state index in [1.165, 1.54) is 43.0 Å². The smallest absolute Gasteiger partial charge is 0.233 e. The number of aromatic nitrogens is 2. The molecule has 2 aromatic carbocycles. The topological polar surface area (TPSA) is 54.9 Å². The third-order valence-electron chi connectivity index (χ3n) is 5.49. The number of fused-ring (bicyclic) bond motifs is 1. The molecule has 4 rings (SSSR count). The molecule has 0 saturated heterocycles. The van der Waals surface area contributed by atoms with E-state index in [0.29, 0.717) is 6.54 Å². The number of benzene rings is 2. The Hall–Kier alpha value is -2.66. The molecule has 154 valence electrons. The van der Waals surface area contributed by atoms with Crippen molar-refractivity contribution in [1.29, 1.82) is 0 Å². The number of allylic oxidation sites excluding steroid dienone is 1. The summed E-state index contributed by atoms with van der Waals surface area (Å²) < 4.78 is 0. The van der Waals surface area contributed by atoms with Crippen LogP contribution in [0.3, 0.4) is 0 Å². The molecule has 0 aliphatic heterocycles. The Labute approximate surface area is 182 Å². The highest BCUT2D eigenvalue weighted by Gasteiger charge is 2.18. The van der Waals surface area contributed by atoms with Gasteiger partial charge in [0.15, 0.2) is 0 Å². The molecule has 1 aliphatic rings. The molecule has 0 bridgehead atoms. The summed E-state index contributed by atoms with van der Waals surface area (Å²) in [5, 5.41) is 14.7. The van der Waals surface area contributed by atoms with Crippen molar-refractivity contribution in [3.63, 3.8) is 0 Å². The number of rotatable bonds is 7. The number of carbonyl (C=O) groups excluding carboxylic acids is 1. The maximum absolute atomic E-state index is 12.6. The Morgan fingerprint density at radius 2 is 1.80 bits per heavy atom. The molecule has 3 aromatic rings. The molecule has 5 heteroatoms. The van der Waals surface area contributed by atoms with Crippen LogP contribution in [0.1, 0.15) is 39.0 Å². The number of carbonyl (C=O) groups is 1. The van der Waals surface area contributed by atoms with Gasteiger partial charge in [0, 0.05) is 22.9 Å². The average molecular weight is 418 g/mol. The van der Waals surface area contributed by atoms with Crippen LogP contribution in [0.4, 0.5) is 0 Å². The molecule has 1 heterocycles. The molecule has 0 spiro atoms.